The number of hydrogen-bond donors (Lipinski definition) is 1. The fraction of sp³-hybridized carbons (Fsp3) is 0.294. The molecule has 7 nitrogen and oxygen atoms in total. The largest absolute Gasteiger partial charge is 0.377 e. The van der Waals surface area contributed by atoms with E-state index in [0.29, 0.717) is 29.6 Å². The van der Waals surface area contributed by atoms with Crippen molar-refractivity contribution in [2.75, 3.05) is 18.9 Å². The Balaban J connectivity index is 2.04. The van der Waals surface area contributed by atoms with Gasteiger partial charge >= 0.3 is 0 Å². The molecule has 8 heteroatoms. The predicted molar refractivity (Wildman–Crippen MR) is 94.8 cm³/mol. The van der Waals surface area contributed by atoms with Crippen molar-refractivity contribution in [2.45, 2.75) is 19.0 Å². The summed E-state index contributed by atoms with van der Waals surface area (Å²) in [6, 6.07) is 5.10. The van der Waals surface area contributed by atoms with E-state index in [0.717, 1.165) is 5.56 Å². The van der Waals surface area contributed by atoms with Gasteiger partial charge in [0.15, 0.2) is 5.82 Å². The molecule has 1 aromatic heterocycles. The Labute approximate surface area is 150 Å². The molecule has 0 spiro atoms. The van der Waals surface area contributed by atoms with Gasteiger partial charge < -0.3 is 15.4 Å². The molecule has 1 saturated heterocycles. The van der Waals surface area contributed by atoms with Gasteiger partial charge in [-0.1, -0.05) is 18.2 Å². The average Bonchev–Trinajstić information content (AvgIpc) is 2.60. The summed E-state index contributed by atoms with van der Waals surface area (Å²) in [5, 5.41) is 0.510. The molecule has 130 valence electrons. The van der Waals surface area contributed by atoms with Crippen molar-refractivity contribution in [2.24, 2.45) is 0 Å². The third kappa shape index (κ3) is 3.62. The lowest BCUT2D eigenvalue weighted by Crippen LogP contribution is -2.48. The Morgan fingerprint density at radius 3 is 2.92 bits per heavy atom. The lowest BCUT2D eigenvalue weighted by molar-refractivity contribution is -0.140. The third-order valence-electron chi connectivity index (χ3n) is 4.03. The second kappa shape index (κ2) is 7.16. The van der Waals surface area contributed by atoms with Crippen LogP contribution in [0.2, 0.25) is 5.02 Å². The van der Waals surface area contributed by atoms with Crippen molar-refractivity contribution in [3.63, 3.8) is 0 Å². The highest BCUT2D eigenvalue weighted by atomic mass is 35.5. The highest BCUT2D eigenvalue weighted by Crippen LogP contribution is 2.32. The van der Waals surface area contributed by atoms with Crippen LogP contribution in [-0.2, 0) is 9.53 Å². The van der Waals surface area contributed by atoms with Crippen LogP contribution in [0.5, 0.6) is 0 Å². The highest BCUT2D eigenvalue weighted by Gasteiger charge is 2.32. The van der Waals surface area contributed by atoms with Gasteiger partial charge in [0.2, 0.25) is 11.9 Å². The molecular formula is C17H18ClN5O2. The Morgan fingerprint density at radius 2 is 2.20 bits per heavy atom. The molecule has 0 unspecified atom stereocenters. The monoisotopic (exact) mass is 359 g/mol. The number of rotatable bonds is 3. The Kier molecular flexibility index (Phi) is 4.96. The minimum atomic E-state index is -0.272. The minimum Gasteiger partial charge on any atom is -0.377 e. The first-order chi connectivity index (χ1) is 12.0. The van der Waals surface area contributed by atoms with E-state index in [-0.39, 0.29) is 23.9 Å². The summed E-state index contributed by atoms with van der Waals surface area (Å²) >= 11 is 6.29. The molecule has 1 aromatic carbocycles. The first-order valence-corrected chi connectivity index (χ1v) is 8.15. The maximum absolute atomic E-state index is 12.3. The standard InChI is InChI=1S/C17H18ClN5O2/c1-3-15(24)23-10(2)7-25-8-14(23)11-4-12(6-13(18)5-11)16-20-9-21-17(19)22-16/h3-6,9-10,14H,1,7-8H2,2H3,(H2,19,20,21,22)/t10-,14+/m1/s1. The number of halogens is 1. The lowest BCUT2D eigenvalue weighted by atomic mass is 9.99. The van der Waals surface area contributed by atoms with Gasteiger partial charge in [-0.15, -0.1) is 0 Å². The van der Waals surface area contributed by atoms with Crippen molar-refractivity contribution in [3.8, 4) is 11.4 Å². The van der Waals surface area contributed by atoms with E-state index in [4.69, 9.17) is 22.1 Å². The van der Waals surface area contributed by atoms with Crippen LogP contribution in [0.25, 0.3) is 11.4 Å². The second-order valence-corrected chi connectivity index (χ2v) is 6.23. The molecule has 3 rings (SSSR count). The van der Waals surface area contributed by atoms with Gasteiger partial charge in [0.1, 0.15) is 6.33 Å². The third-order valence-corrected chi connectivity index (χ3v) is 4.25. The Bertz CT molecular complexity index is 813. The van der Waals surface area contributed by atoms with E-state index < -0.39 is 0 Å². The van der Waals surface area contributed by atoms with E-state index in [1.807, 2.05) is 19.1 Å². The fourth-order valence-corrected chi connectivity index (χ4v) is 3.18. The molecule has 25 heavy (non-hydrogen) atoms. The van der Waals surface area contributed by atoms with Crippen LogP contribution in [-0.4, -0.2) is 45.0 Å². The number of benzene rings is 1. The molecule has 0 radical (unpaired) electrons. The summed E-state index contributed by atoms with van der Waals surface area (Å²) in [6.07, 6.45) is 2.66. The van der Waals surface area contributed by atoms with E-state index in [9.17, 15) is 4.79 Å². The predicted octanol–water partition coefficient (Wildman–Crippen LogP) is 2.25. The number of nitrogens with two attached hydrogens (primary N) is 1. The molecule has 0 aliphatic carbocycles. The van der Waals surface area contributed by atoms with Crippen molar-refractivity contribution in [1.29, 1.82) is 0 Å². The Morgan fingerprint density at radius 1 is 1.40 bits per heavy atom. The van der Waals surface area contributed by atoms with Crippen molar-refractivity contribution >= 4 is 23.5 Å². The maximum Gasteiger partial charge on any atom is 0.246 e. The number of carbonyl (C=O) groups excluding carboxylic acids is 1. The molecule has 0 bridgehead atoms. The summed E-state index contributed by atoms with van der Waals surface area (Å²) in [4.78, 5) is 26.1. The molecule has 1 aliphatic rings. The lowest BCUT2D eigenvalue weighted by Gasteiger charge is -2.40. The van der Waals surface area contributed by atoms with Gasteiger partial charge in [-0.2, -0.15) is 4.98 Å². The fourth-order valence-electron chi connectivity index (χ4n) is 2.93. The molecular weight excluding hydrogens is 342 g/mol. The Hall–Kier alpha value is -2.51. The average molecular weight is 360 g/mol. The number of nitrogens with zero attached hydrogens (tertiary/aromatic N) is 4. The van der Waals surface area contributed by atoms with Crippen LogP contribution in [0.15, 0.2) is 37.2 Å². The molecule has 2 aromatic rings. The molecule has 1 amide bonds. The molecule has 1 aliphatic heterocycles. The van der Waals surface area contributed by atoms with Gasteiger partial charge in [-0.3, -0.25) is 4.79 Å². The van der Waals surface area contributed by atoms with Gasteiger partial charge in [0.05, 0.1) is 25.3 Å². The summed E-state index contributed by atoms with van der Waals surface area (Å²) < 4.78 is 5.65. The van der Waals surface area contributed by atoms with Crippen LogP contribution >= 0.6 is 11.6 Å². The second-order valence-electron chi connectivity index (χ2n) is 5.79. The van der Waals surface area contributed by atoms with Gasteiger partial charge in [-0.25, -0.2) is 9.97 Å². The normalized spacial score (nSPS) is 20.3. The number of aromatic nitrogens is 3. The van der Waals surface area contributed by atoms with Gasteiger partial charge in [0, 0.05) is 10.6 Å². The highest BCUT2D eigenvalue weighted by molar-refractivity contribution is 6.31. The quantitative estimate of drug-likeness (QED) is 0.844. The zero-order valence-corrected chi connectivity index (χ0v) is 14.5. The summed E-state index contributed by atoms with van der Waals surface area (Å²) in [5.41, 5.74) is 7.17. The molecule has 0 saturated carbocycles. The topological polar surface area (TPSA) is 94.2 Å². The van der Waals surface area contributed by atoms with Gasteiger partial charge in [0.25, 0.3) is 0 Å². The summed E-state index contributed by atoms with van der Waals surface area (Å²) in [5.74, 6) is 0.402. The number of ether oxygens (including phenoxy) is 1. The number of morpholine rings is 1. The van der Waals surface area contributed by atoms with Crippen LogP contribution in [0.3, 0.4) is 0 Å². The smallest absolute Gasteiger partial charge is 0.246 e. The molecule has 1 fully saturated rings. The maximum atomic E-state index is 12.3. The number of hydrogen-bond acceptors (Lipinski definition) is 6. The van der Waals surface area contributed by atoms with E-state index in [2.05, 4.69) is 21.5 Å². The SMILES string of the molecule is C=CC(=O)N1[C@H](C)COC[C@H]1c1cc(Cl)cc(-c2ncnc(N)n2)c1. The number of carbonyl (C=O) groups is 1. The zero-order valence-electron chi connectivity index (χ0n) is 13.7. The van der Waals surface area contributed by atoms with E-state index in [1.165, 1.54) is 12.4 Å². The van der Waals surface area contributed by atoms with Crippen molar-refractivity contribution < 1.29 is 9.53 Å². The van der Waals surface area contributed by atoms with Crippen LogP contribution in [0, 0.1) is 0 Å². The van der Waals surface area contributed by atoms with Crippen LogP contribution in [0.1, 0.15) is 18.5 Å². The van der Waals surface area contributed by atoms with Crippen LogP contribution < -0.4 is 5.73 Å². The van der Waals surface area contributed by atoms with Crippen molar-refractivity contribution in [3.05, 3.63) is 47.8 Å². The number of amides is 1. The van der Waals surface area contributed by atoms with Crippen LogP contribution in [0.4, 0.5) is 5.95 Å². The number of anilines is 1. The summed E-state index contributed by atoms with van der Waals surface area (Å²) in [6.45, 7) is 6.39. The van der Waals surface area contributed by atoms with E-state index >= 15 is 0 Å². The molecule has 2 heterocycles. The van der Waals surface area contributed by atoms with Crippen molar-refractivity contribution in [1.82, 2.24) is 19.9 Å². The molecule has 2 atom stereocenters. The molecule has 2 N–H and O–H groups in total. The first-order valence-electron chi connectivity index (χ1n) is 7.77. The summed E-state index contributed by atoms with van der Waals surface area (Å²) in [7, 11) is 0. The van der Waals surface area contributed by atoms with E-state index in [1.54, 1.807) is 11.0 Å². The first kappa shape index (κ1) is 17.3. The zero-order chi connectivity index (χ0) is 18.0. The van der Waals surface area contributed by atoms with Gasteiger partial charge in [-0.05, 0) is 36.8 Å². The number of nitrogen functional groups attached to an aromatic ring is 1. The minimum absolute atomic E-state index is 0.0699.